The lowest BCUT2D eigenvalue weighted by Gasteiger charge is -2.16. The number of fused-ring (bicyclic) bond motifs is 1. The molecule has 0 bridgehead atoms. The number of hydrogen-bond donors (Lipinski definition) is 2. The van der Waals surface area contributed by atoms with E-state index in [-0.39, 0.29) is 11.5 Å². The first kappa shape index (κ1) is 16.6. The Hall–Kier alpha value is -3.24. The molecule has 0 radical (unpaired) electrons. The smallest absolute Gasteiger partial charge is 0.368 e. The normalized spacial score (nSPS) is 13.0. The van der Waals surface area contributed by atoms with Crippen molar-refractivity contribution in [1.82, 2.24) is 19.8 Å². The van der Waals surface area contributed by atoms with Gasteiger partial charge in [0.05, 0.1) is 0 Å². The fourth-order valence-corrected chi connectivity index (χ4v) is 2.16. The first-order valence-electron chi connectivity index (χ1n) is 6.86. The number of amides is 1. The van der Waals surface area contributed by atoms with E-state index in [1.165, 1.54) is 24.3 Å². The van der Waals surface area contributed by atoms with Crippen LogP contribution in [0.4, 0.5) is 23.4 Å². The standard InChI is InChI=1S/C14H10F4N6O/c15-8-3-1-7(2-4-8)11(12(19)25)20-9-5-6-10-21-22-13(14(16,17)18)24(10)23-9/h1-6,11H,(H2,19,25)(H,20,23). The summed E-state index contributed by atoms with van der Waals surface area (Å²) in [6.07, 6.45) is -4.74. The molecule has 0 saturated heterocycles. The topological polar surface area (TPSA) is 98.2 Å². The van der Waals surface area contributed by atoms with Crippen molar-refractivity contribution in [3.8, 4) is 0 Å². The molecule has 11 heteroatoms. The predicted molar refractivity (Wildman–Crippen MR) is 77.7 cm³/mol. The Kier molecular flexibility index (Phi) is 3.99. The highest BCUT2D eigenvalue weighted by atomic mass is 19.4. The van der Waals surface area contributed by atoms with Crippen LogP contribution < -0.4 is 11.1 Å². The number of hydrogen-bond acceptors (Lipinski definition) is 5. The molecule has 3 N–H and O–H groups in total. The summed E-state index contributed by atoms with van der Waals surface area (Å²) in [7, 11) is 0. The van der Waals surface area contributed by atoms with Gasteiger partial charge in [0.2, 0.25) is 5.91 Å². The van der Waals surface area contributed by atoms with Crippen molar-refractivity contribution < 1.29 is 22.4 Å². The zero-order valence-corrected chi connectivity index (χ0v) is 12.3. The van der Waals surface area contributed by atoms with Crippen LogP contribution in [-0.2, 0) is 11.0 Å². The Bertz CT molecular complexity index is 921. The Morgan fingerprint density at radius 1 is 1.12 bits per heavy atom. The van der Waals surface area contributed by atoms with E-state index >= 15 is 0 Å². The van der Waals surface area contributed by atoms with Crippen LogP contribution in [0, 0.1) is 5.82 Å². The van der Waals surface area contributed by atoms with Crippen LogP contribution in [0.2, 0.25) is 0 Å². The van der Waals surface area contributed by atoms with E-state index < -0.39 is 29.8 Å². The number of rotatable bonds is 4. The fourth-order valence-electron chi connectivity index (χ4n) is 2.16. The Balaban J connectivity index is 1.97. The second-order valence-corrected chi connectivity index (χ2v) is 5.04. The van der Waals surface area contributed by atoms with Crippen molar-refractivity contribution in [2.45, 2.75) is 12.2 Å². The monoisotopic (exact) mass is 354 g/mol. The van der Waals surface area contributed by atoms with Crippen molar-refractivity contribution >= 4 is 17.4 Å². The van der Waals surface area contributed by atoms with Crippen LogP contribution in [0.3, 0.4) is 0 Å². The van der Waals surface area contributed by atoms with E-state index in [9.17, 15) is 22.4 Å². The van der Waals surface area contributed by atoms with Crippen molar-refractivity contribution in [3.63, 3.8) is 0 Å². The summed E-state index contributed by atoms with van der Waals surface area (Å²) in [6, 6.07) is 6.38. The number of aromatic nitrogens is 4. The van der Waals surface area contributed by atoms with Gasteiger partial charge in [-0.15, -0.1) is 15.3 Å². The lowest BCUT2D eigenvalue weighted by atomic mass is 10.1. The van der Waals surface area contributed by atoms with E-state index in [2.05, 4.69) is 20.6 Å². The second-order valence-electron chi connectivity index (χ2n) is 5.04. The minimum atomic E-state index is -4.74. The molecule has 0 fully saturated rings. The second kappa shape index (κ2) is 6.00. The van der Waals surface area contributed by atoms with E-state index in [4.69, 9.17) is 5.73 Å². The number of anilines is 1. The third-order valence-corrected chi connectivity index (χ3v) is 3.30. The van der Waals surface area contributed by atoms with Crippen LogP contribution in [0.15, 0.2) is 36.4 Å². The van der Waals surface area contributed by atoms with Crippen LogP contribution in [0.5, 0.6) is 0 Å². The number of nitrogens with one attached hydrogen (secondary N) is 1. The average molecular weight is 354 g/mol. The molecule has 1 aromatic carbocycles. The summed E-state index contributed by atoms with van der Waals surface area (Å²) in [5, 5.41) is 12.8. The quantitative estimate of drug-likeness (QED) is 0.698. The number of nitrogens with two attached hydrogens (primary N) is 1. The summed E-state index contributed by atoms with van der Waals surface area (Å²) in [5.74, 6) is -2.69. The lowest BCUT2D eigenvalue weighted by Crippen LogP contribution is -2.28. The van der Waals surface area contributed by atoms with Crippen LogP contribution in [0.1, 0.15) is 17.4 Å². The van der Waals surface area contributed by atoms with Gasteiger partial charge in [0.1, 0.15) is 17.7 Å². The molecule has 2 heterocycles. The molecule has 7 nitrogen and oxygen atoms in total. The van der Waals surface area contributed by atoms with E-state index in [0.29, 0.717) is 10.1 Å². The van der Waals surface area contributed by atoms with Gasteiger partial charge in [-0.3, -0.25) is 4.79 Å². The van der Waals surface area contributed by atoms with Crippen molar-refractivity contribution in [3.05, 3.63) is 53.6 Å². The zero-order chi connectivity index (χ0) is 18.2. The Morgan fingerprint density at radius 2 is 1.80 bits per heavy atom. The maximum Gasteiger partial charge on any atom is 0.453 e. The molecule has 1 atom stereocenters. The molecule has 0 spiro atoms. The maximum absolute atomic E-state index is 13.0. The van der Waals surface area contributed by atoms with Crippen LogP contribution >= 0.6 is 0 Å². The highest BCUT2D eigenvalue weighted by Gasteiger charge is 2.37. The summed E-state index contributed by atoms with van der Waals surface area (Å²) >= 11 is 0. The van der Waals surface area contributed by atoms with Gasteiger partial charge in [0.25, 0.3) is 5.82 Å². The van der Waals surface area contributed by atoms with Gasteiger partial charge >= 0.3 is 6.18 Å². The van der Waals surface area contributed by atoms with Gasteiger partial charge in [-0.25, -0.2) is 4.39 Å². The maximum atomic E-state index is 13.0. The van der Waals surface area contributed by atoms with Gasteiger partial charge in [-0.05, 0) is 29.8 Å². The minimum Gasteiger partial charge on any atom is -0.368 e. The number of carbonyl (C=O) groups excluding carboxylic acids is 1. The fraction of sp³-hybridized carbons (Fsp3) is 0.143. The summed E-state index contributed by atoms with van der Waals surface area (Å²) in [6.45, 7) is 0. The molecular weight excluding hydrogens is 344 g/mol. The molecule has 3 aromatic rings. The third-order valence-electron chi connectivity index (χ3n) is 3.30. The molecular formula is C14H10F4N6O. The SMILES string of the molecule is NC(=O)C(Nc1ccc2nnc(C(F)(F)F)n2n1)c1ccc(F)cc1. The largest absolute Gasteiger partial charge is 0.453 e. The molecule has 0 saturated carbocycles. The average Bonchev–Trinajstić information content (AvgIpc) is 2.96. The van der Waals surface area contributed by atoms with Crippen LogP contribution in [-0.4, -0.2) is 25.7 Å². The van der Waals surface area contributed by atoms with Gasteiger partial charge in [0, 0.05) is 0 Å². The van der Waals surface area contributed by atoms with Gasteiger partial charge in [-0.1, -0.05) is 12.1 Å². The first-order valence-corrected chi connectivity index (χ1v) is 6.86. The Morgan fingerprint density at radius 3 is 2.40 bits per heavy atom. The van der Waals surface area contributed by atoms with Crippen LogP contribution in [0.25, 0.3) is 5.65 Å². The summed E-state index contributed by atoms with van der Waals surface area (Å²) in [4.78, 5) is 11.7. The van der Waals surface area contributed by atoms with Crippen molar-refractivity contribution in [2.75, 3.05) is 5.32 Å². The zero-order valence-electron chi connectivity index (χ0n) is 12.3. The highest BCUT2D eigenvalue weighted by molar-refractivity contribution is 5.84. The third kappa shape index (κ3) is 3.34. The number of nitrogens with zero attached hydrogens (tertiary/aromatic N) is 4. The van der Waals surface area contributed by atoms with E-state index in [1.54, 1.807) is 0 Å². The molecule has 0 aliphatic carbocycles. The molecule has 130 valence electrons. The van der Waals surface area contributed by atoms with Gasteiger partial charge < -0.3 is 11.1 Å². The number of primary amides is 1. The van der Waals surface area contributed by atoms with E-state index in [1.807, 2.05) is 0 Å². The molecule has 25 heavy (non-hydrogen) atoms. The van der Waals surface area contributed by atoms with Crippen molar-refractivity contribution in [1.29, 1.82) is 0 Å². The van der Waals surface area contributed by atoms with Crippen molar-refractivity contribution in [2.24, 2.45) is 5.73 Å². The van der Waals surface area contributed by atoms with E-state index in [0.717, 1.165) is 12.1 Å². The predicted octanol–water partition coefficient (Wildman–Crippen LogP) is 1.92. The molecule has 1 amide bonds. The minimum absolute atomic E-state index is 0.0640. The summed E-state index contributed by atoms with van der Waals surface area (Å²) < 4.78 is 52.2. The molecule has 2 aromatic heterocycles. The highest BCUT2D eigenvalue weighted by Crippen LogP contribution is 2.28. The van der Waals surface area contributed by atoms with Gasteiger partial charge in [-0.2, -0.15) is 17.7 Å². The molecule has 0 aliphatic rings. The lowest BCUT2D eigenvalue weighted by molar-refractivity contribution is -0.146. The molecule has 3 rings (SSSR count). The summed E-state index contributed by atoms with van der Waals surface area (Å²) in [5.41, 5.74) is 5.53. The Labute approximate surface area is 137 Å². The number of alkyl halides is 3. The number of carbonyl (C=O) groups is 1. The number of halogens is 4. The molecule has 0 aliphatic heterocycles. The van der Waals surface area contributed by atoms with Gasteiger partial charge in [0.15, 0.2) is 5.65 Å². The molecule has 1 unspecified atom stereocenters. The first-order chi connectivity index (χ1) is 11.8. The number of benzene rings is 1.